The van der Waals surface area contributed by atoms with Crippen LogP contribution in [-0.4, -0.2) is 27.8 Å². The lowest BCUT2D eigenvalue weighted by atomic mass is 10.1. The summed E-state index contributed by atoms with van der Waals surface area (Å²) in [6.07, 6.45) is 2.74. The standard InChI is InChI=1S/C19H16F2N4O2.ClH/c20-15-3-1-11(5-16(15)21)14-7-17(14)22-8-12-9-25(24-23-12)13-2-4-18-19(6-13)27-10-26-18;/h1-6,9,14,17,22H,7-8,10H2;1H/t14-,17+;/m0./s1. The van der Waals surface area contributed by atoms with Gasteiger partial charge in [0, 0.05) is 24.6 Å². The molecule has 0 radical (unpaired) electrons. The first kappa shape index (κ1) is 18.6. The zero-order chi connectivity index (χ0) is 18.4. The van der Waals surface area contributed by atoms with Gasteiger partial charge in [0.05, 0.1) is 17.6 Å². The van der Waals surface area contributed by atoms with Crippen LogP contribution in [0.5, 0.6) is 11.5 Å². The fraction of sp³-hybridized carbons (Fsp3) is 0.263. The molecule has 3 aromatic rings. The third kappa shape index (κ3) is 3.53. The molecule has 1 aliphatic carbocycles. The predicted octanol–water partition coefficient (Wildman–Crippen LogP) is 3.34. The molecule has 2 atom stereocenters. The maximum atomic E-state index is 13.4. The molecule has 6 nitrogen and oxygen atoms in total. The van der Waals surface area contributed by atoms with E-state index in [1.165, 1.54) is 12.1 Å². The molecule has 0 amide bonds. The van der Waals surface area contributed by atoms with Crippen molar-refractivity contribution in [2.75, 3.05) is 6.79 Å². The van der Waals surface area contributed by atoms with Gasteiger partial charge in [0.15, 0.2) is 23.1 Å². The number of nitrogens with zero attached hydrogens (tertiary/aromatic N) is 3. The molecule has 5 rings (SSSR count). The van der Waals surface area contributed by atoms with Crippen molar-refractivity contribution in [3.05, 3.63) is 65.5 Å². The minimum Gasteiger partial charge on any atom is -0.454 e. The van der Waals surface area contributed by atoms with Crippen molar-refractivity contribution < 1.29 is 18.3 Å². The molecule has 1 fully saturated rings. The minimum atomic E-state index is -0.816. The third-order valence-corrected chi connectivity index (χ3v) is 4.87. The van der Waals surface area contributed by atoms with Crippen LogP contribution in [0, 0.1) is 11.6 Å². The normalized spacial score (nSPS) is 19.4. The average Bonchev–Trinajstić information content (AvgIpc) is 3.07. The van der Waals surface area contributed by atoms with Gasteiger partial charge in [-0.15, -0.1) is 17.5 Å². The highest BCUT2D eigenvalue weighted by Crippen LogP contribution is 2.41. The Labute approximate surface area is 165 Å². The summed E-state index contributed by atoms with van der Waals surface area (Å²) in [6, 6.07) is 9.90. The summed E-state index contributed by atoms with van der Waals surface area (Å²) in [4.78, 5) is 0. The molecule has 0 saturated heterocycles. The maximum Gasteiger partial charge on any atom is 0.231 e. The Morgan fingerprint density at radius 3 is 2.79 bits per heavy atom. The Morgan fingerprint density at radius 1 is 1.07 bits per heavy atom. The largest absolute Gasteiger partial charge is 0.454 e. The molecule has 0 spiro atoms. The number of aromatic nitrogens is 3. The Hall–Kier alpha value is -2.71. The molecule has 9 heteroatoms. The summed E-state index contributed by atoms with van der Waals surface area (Å²) < 4.78 is 38.8. The van der Waals surface area contributed by atoms with Crippen LogP contribution in [0.3, 0.4) is 0 Å². The number of ether oxygens (including phenoxy) is 2. The van der Waals surface area contributed by atoms with Crippen LogP contribution in [0.15, 0.2) is 42.6 Å². The van der Waals surface area contributed by atoms with Crippen molar-refractivity contribution in [1.82, 2.24) is 20.3 Å². The maximum absolute atomic E-state index is 13.4. The second kappa shape index (κ2) is 7.37. The lowest BCUT2D eigenvalue weighted by Gasteiger charge is -2.03. The van der Waals surface area contributed by atoms with E-state index in [0.717, 1.165) is 29.1 Å². The van der Waals surface area contributed by atoms with E-state index in [9.17, 15) is 8.78 Å². The zero-order valence-corrected chi connectivity index (χ0v) is 15.5. The number of fused-ring (bicyclic) bond motifs is 1. The summed E-state index contributed by atoms with van der Waals surface area (Å²) in [7, 11) is 0. The molecule has 2 aromatic carbocycles. The summed E-state index contributed by atoms with van der Waals surface area (Å²) >= 11 is 0. The first-order chi connectivity index (χ1) is 13.2. The van der Waals surface area contributed by atoms with Crippen LogP contribution in [0.4, 0.5) is 8.78 Å². The van der Waals surface area contributed by atoms with Crippen molar-refractivity contribution in [2.24, 2.45) is 0 Å². The summed E-state index contributed by atoms with van der Waals surface area (Å²) in [5.41, 5.74) is 2.45. The molecule has 2 heterocycles. The van der Waals surface area contributed by atoms with Crippen molar-refractivity contribution in [2.45, 2.75) is 24.9 Å². The molecule has 28 heavy (non-hydrogen) atoms. The Kier molecular flexibility index (Phi) is 4.91. The van der Waals surface area contributed by atoms with E-state index in [2.05, 4.69) is 15.6 Å². The number of benzene rings is 2. The van der Waals surface area contributed by atoms with Crippen LogP contribution in [0.1, 0.15) is 23.6 Å². The molecule has 2 aliphatic rings. The molecular formula is C19H17ClF2N4O2. The quantitative estimate of drug-likeness (QED) is 0.704. The Morgan fingerprint density at radius 2 is 1.93 bits per heavy atom. The smallest absolute Gasteiger partial charge is 0.231 e. The second-order valence-electron chi connectivity index (χ2n) is 6.70. The van der Waals surface area contributed by atoms with Gasteiger partial charge in [-0.2, -0.15) is 0 Å². The van der Waals surface area contributed by atoms with Gasteiger partial charge in [-0.05, 0) is 36.2 Å². The number of hydrogen-bond donors (Lipinski definition) is 1. The van der Waals surface area contributed by atoms with Crippen molar-refractivity contribution in [1.29, 1.82) is 0 Å². The highest BCUT2D eigenvalue weighted by atomic mass is 35.5. The highest BCUT2D eigenvalue weighted by molar-refractivity contribution is 5.85. The molecule has 1 saturated carbocycles. The monoisotopic (exact) mass is 406 g/mol. The molecule has 1 aliphatic heterocycles. The highest BCUT2D eigenvalue weighted by Gasteiger charge is 2.38. The van der Waals surface area contributed by atoms with Crippen molar-refractivity contribution in [3.8, 4) is 17.2 Å². The number of hydrogen-bond acceptors (Lipinski definition) is 5. The summed E-state index contributed by atoms with van der Waals surface area (Å²) in [5.74, 6) is -0.00866. The molecule has 1 aromatic heterocycles. The van der Waals surface area contributed by atoms with E-state index in [-0.39, 0.29) is 31.2 Å². The molecule has 0 bridgehead atoms. The van der Waals surface area contributed by atoms with Gasteiger partial charge in [-0.3, -0.25) is 0 Å². The van der Waals surface area contributed by atoms with Gasteiger partial charge in [0.2, 0.25) is 6.79 Å². The molecule has 1 N–H and O–H groups in total. The van der Waals surface area contributed by atoms with Crippen LogP contribution in [-0.2, 0) is 6.54 Å². The van der Waals surface area contributed by atoms with Crippen LogP contribution in [0.25, 0.3) is 5.69 Å². The van der Waals surface area contributed by atoms with E-state index in [1.807, 2.05) is 24.4 Å². The van der Waals surface area contributed by atoms with Crippen LogP contribution < -0.4 is 14.8 Å². The topological polar surface area (TPSA) is 61.2 Å². The van der Waals surface area contributed by atoms with E-state index in [0.29, 0.717) is 12.3 Å². The molecule has 146 valence electrons. The van der Waals surface area contributed by atoms with Gasteiger partial charge in [-0.1, -0.05) is 11.3 Å². The second-order valence-corrected chi connectivity index (χ2v) is 6.70. The predicted molar refractivity (Wildman–Crippen MR) is 99.1 cm³/mol. The van der Waals surface area contributed by atoms with Gasteiger partial charge in [-0.25, -0.2) is 13.5 Å². The molecular weight excluding hydrogens is 390 g/mol. The third-order valence-electron chi connectivity index (χ3n) is 4.87. The SMILES string of the molecule is Cl.Fc1ccc([C@@H]2C[C@H]2NCc2cn(-c3ccc4c(c3)OCO4)nn2)cc1F. The average molecular weight is 407 g/mol. The van der Waals surface area contributed by atoms with E-state index < -0.39 is 11.6 Å². The fourth-order valence-electron chi connectivity index (χ4n) is 3.30. The number of rotatable bonds is 5. The first-order valence-electron chi connectivity index (χ1n) is 8.67. The van der Waals surface area contributed by atoms with Crippen molar-refractivity contribution >= 4 is 12.4 Å². The minimum absolute atomic E-state index is 0. The fourth-order valence-corrected chi connectivity index (χ4v) is 3.30. The van der Waals surface area contributed by atoms with E-state index >= 15 is 0 Å². The Bertz CT molecular complexity index is 1010. The van der Waals surface area contributed by atoms with Crippen LogP contribution in [0.2, 0.25) is 0 Å². The van der Waals surface area contributed by atoms with E-state index in [4.69, 9.17) is 9.47 Å². The van der Waals surface area contributed by atoms with Crippen molar-refractivity contribution in [3.63, 3.8) is 0 Å². The van der Waals surface area contributed by atoms with Crippen LogP contribution >= 0.6 is 12.4 Å². The van der Waals surface area contributed by atoms with Gasteiger partial charge in [0.25, 0.3) is 0 Å². The van der Waals surface area contributed by atoms with Gasteiger partial charge < -0.3 is 14.8 Å². The van der Waals surface area contributed by atoms with Gasteiger partial charge in [0.1, 0.15) is 0 Å². The number of nitrogens with one attached hydrogen (secondary N) is 1. The first-order valence-corrected chi connectivity index (χ1v) is 8.67. The molecule has 0 unspecified atom stereocenters. The number of halogens is 3. The van der Waals surface area contributed by atoms with E-state index in [1.54, 1.807) is 10.7 Å². The summed E-state index contributed by atoms with van der Waals surface area (Å²) in [6.45, 7) is 0.779. The summed E-state index contributed by atoms with van der Waals surface area (Å²) in [5, 5.41) is 11.7. The zero-order valence-electron chi connectivity index (χ0n) is 14.6. The van der Waals surface area contributed by atoms with Gasteiger partial charge >= 0.3 is 0 Å². The Balaban J connectivity index is 0.00000192. The lowest BCUT2D eigenvalue weighted by molar-refractivity contribution is 0.174. The lowest BCUT2D eigenvalue weighted by Crippen LogP contribution is -2.17.